The van der Waals surface area contributed by atoms with E-state index in [9.17, 15) is 23.1 Å². The predicted octanol–water partition coefficient (Wildman–Crippen LogP) is 0.00280. The van der Waals surface area contributed by atoms with Crippen molar-refractivity contribution in [2.75, 3.05) is 0 Å². The fraction of sp³-hybridized carbons (Fsp3) is 0.778. The first-order valence-electron chi connectivity index (χ1n) is 4.69. The number of aliphatic carboxylic acids is 2. The number of hydrogen-bond acceptors (Lipinski definition) is 4. The van der Waals surface area contributed by atoms with Crippen molar-refractivity contribution in [1.82, 2.24) is 0 Å². The van der Waals surface area contributed by atoms with Gasteiger partial charge in [0.05, 0.1) is 0 Å². The molecular weight excluding hydrogens is 288 g/mol. The number of carboxylic acid groups (broad SMARTS) is 2. The molecule has 0 aliphatic heterocycles. The number of carboxylic acids is 2. The molecule has 0 aliphatic carbocycles. The van der Waals surface area contributed by atoms with Gasteiger partial charge in [0.2, 0.25) is 0 Å². The first-order valence-corrected chi connectivity index (χ1v) is 4.69. The zero-order chi connectivity index (χ0) is 13.2. The predicted molar refractivity (Wildman–Crippen MR) is 44.8 cm³/mol. The molecule has 104 valence electrons. The Morgan fingerprint density at radius 1 is 1.06 bits per heavy atom. The molecule has 17 heavy (non-hydrogen) atoms. The number of unbranched alkanes of at least 4 members (excludes halogenated alkanes) is 3. The Balaban J connectivity index is -0.000000224. The molecule has 0 bridgehead atoms. The molecule has 0 heterocycles. The van der Waals surface area contributed by atoms with Crippen molar-refractivity contribution < 1.29 is 49.5 Å². The summed E-state index contributed by atoms with van der Waals surface area (Å²) in [7, 11) is 0. The molecule has 0 N–H and O–H groups in total. The van der Waals surface area contributed by atoms with Gasteiger partial charge in [-0.25, -0.2) is 0 Å². The Morgan fingerprint density at radius 3 is 1.71 bits per heavy atom. The zero-order valence-corrected chi connectivity index (χ0v) is 10.1. The fourth-order valence-corrected chi connectivity index (χ4v) is 0.696. The van der Waals surface area contributed by atoms with Crippen LogP contribution in [0.2, 0.25) is 0 Å². The number of carbonyl (C=O) groups excluding carboxylic acids is 2. The third-order valence-corrected chi connectivity index (χ3v) is 1.47. The quantitative estimate of drug-likeness (QED) is 0.529. The van der Waals surface area contributed by atoms with Crippen LogP contribution in [0.1, 0.15) is 39.0 Å². The van der Waals surface area contributed by atoms with Crippen LogP contribution in [0.15, 0.2) is 0 Å². The second-order valence-electron chi connectivity index (χ2n) is 2.97. The van der Waals surface area contributed by atoms with Crippen LogP contribution in [0, 0.1) is 0 Å². The molecule has 0 amide bonds. The molecule has 0 spiro atoms. The summed E-state index contributed by atoms with van der Waals surface area (Å²) in [5, 5.41) is 18.6. The van der Waals surface area contributed by atoms with E-state index in [4.69, 9.17) is 9.90 Å². The van der Waals surface area contributed by atoms with E-state index in [2.05, 4.69) is 6.92 Å². The molecule has 0 aromatic carbocycles. The van der Waals surface area contributed by atoms with Crippen LogP contribution in [0.5, 0.6) is 0 Å². The van der Waals surface area contributed by atoms with E-state index in [0.29, 0.717) is 0 Å². The summed E-state index contributed by atoms with van der Waals surface area (Å²) < 4.78 is 31.5. The number of carbonyl (C=O) groups is 2. The summed E-state index contributed by atoms with van der Waals surface area (Å²) in [5.74, 6) is -3.93. The largest absolute Gasteiger partial charge is 2.00 e. The Bertz CT molecular complexity index is 219. The second-order valence-corrected chi connectivity index (χ2v) is 2.97. The van der Waals surface area contributed by atoms with Crippen molar-refractivity contribution in [3.05, 3.63) is 0 Å². The zero-order valence-electron chi connectivity index (χ0n) is 9.12. The van der Waals surface area contributed by atoms with E-state index < -0.39 is 18.1 Å². The van der Waals surface area contributed by atoms with Gasteiger partial charge in [-0.15, -0.1) is 0 Å². The van der Waals surface area contributed by atoms with Gasteiger partial charge >= 0.3 is 22.7 Å². The number of rotatable bonds is 5. The van der Waals surface area contributed by atoms with E-state index in [0.717, 1.165) is 25.7 Å². The topological polar surface area (TPSA) is 80.3 Å². The molecule has 0 saturated heterocycles. The van der Waals surface area contributed by atoms with Gasteiger partial charge in [-0.1, -0.05) is 26.2 Å². The standard InChI is InChI=1S/C7H14O2.C2HF3O2.Ni/c1-2-3-4-5-6-7(8)9;3-2(4,5)1(6)7;/h2-6H2,1H3,(H,8,9);(H,6,7);/q;;+2/p-2. The van der Waals surface area contributed by atoms with Crippen LogP contribution in [-0.4, -0.2) is 18.1 Å². The summed E-state index contributed by atoms with van der Waals surface area (Å²) in [6.45, 7) is 2.10. The summed E-state index contributed by atoms with van der Waals surface area (Å²) >= 11 is 0. The Hall–Kier alpha value is -0.776. The number of alkyl halides is 3. The minimum absolute atomic E-state index is 0. The molecule has 0 atom stereocenters. The van der Waals surface area contributed by atoms with E-state index in [-0.39, 0.29) is 22.9 Å². The molecule has 0 unspecified atom stereocenters. The molecule has 0 aromatic heterocycles. The molecule has 0 radical (unpaired) electrons. The summed E-state index contributed by atoms with van der Waals surface area (Å²) in [4.78, 5) is 18.6. The molecule has 4 nitrogen and oxygen atoms in total. The smallest absolute Gasteiger partial charge is 0.550 e. The van der Waals surface area contributed by atoms with Crippen LogP contribution in [0.3, 0.4) is 0 Å². The maximum Gasteiger partial charge on any atom is 2.00 e. The van der Waals surface area contributed by atoms with Gasteiger partial charge in [-0.3, -0.25) is 0 Å². The Labute approximate surface area is 107 Å². The molecule has 0 aliphatic rings. The van der Waals surface area contributed by atoms with Crippen LogP contribution in [0.4, 0.5) is 13.2 Å². The van der Waals surface area contributed by atoms with Crippen molar-refractivity contribution in [2.24, 2.45) is 0 Å². The minimum Gasteiger partial charge on any atom is -0.550 e. The number of hydrogen-bond donors (Lipinski definition) is 0. The van der Waals surface area contributed by atoms with E-state index >= 15 is 0 Å². The van der Waals surface area contributed by atoms with Crippen molar-refractivity contribution >= 4 is 11.9 Å². The van der Waals surface area contributed by atoms with Crippen LogP contribution in [0.25, 0.3) is 0 Å². The maximum absolute atomic E-state index is 10.5. The van der Waals surface area contributed by atoms with E-state index in [1.165, 1.54) is 0 Å². The Kier molecular flexibility index (Phi) is 14.8. The molecular formula is C9H13F3NiO4. The van der Waals surface area contributed by atoms with Crippen molar-refractivity contribution in [1.29, 1.82) is 0 Å². The molecule has 0 fully saturated rings. The Morgan fingerprint density at radius 2 is 1.47 bits per heavy atom. The van der Waals surface area contributed by atoms with E-state index in [1.54, 1.807) is 0 Å². The van der Waals surface area contributed by atoms with Gasteiger partial charge in [0.1, 0.15) is 5.97 Å². The van der Waals surface area contributed by atoms with Crippen molar-refractivity contribution in [3.8, 4) is 0 Å². The van der Waals surface area contributed by atoms with Gasteiger partial charge in [0, 0.05) is 5.97 Å². The van der Waals surface area contributed by atoms with E-state index in [1.807, 2.05) is 0 Å². The van der Waals surface area contributed by atoms with Crippen LogP contribution >= 0.6 is 0 Å². The number of halogens is 3. The maximum atomic E-state index is 10.5. The monoisotopic (exact) mass is 300 g/mol. The average Bonchev–Trinajstić information content (AvgIpc) is 2.11. The molecule has 0 saturated carbocycles. The third-order valence-electron chi connectivity index (χ3n) is 1.47. The van der Waals surface area contributed by atoms with Crippen LogP contribution in [-0.2, 0) is 26.1 Å². The van der Waals surface area contributed by atoms with Crippen molar-refractivity contribution in [3.63, 3.8) is 0 Å². The first kappa shape index (κ1) is 21.5. The fourth-order valence-electron chi connectivity index (χ4n) is 0.696. The molecule has 0 rings (SSSR count). The molecule has 8 heteroatoms. The van der Waals surface area contributed by atoms with Gasteiger partial charge in [-0.2, -0.15) is 13.2 Å². The first-order chi connectivity index (χ1) is 7.21. The van der Waals surface area contributed by atoms with Crippen molar-refractivity contribution in [2.45, 2.75) is 45.2 Å². The van der Waals surface area contributed by atoms with Gasteiger partial charge in [-0.05, 0) is 12.8 Å². The van der Waals surface area contributed by atoms with Gasteiger partial charge in [0.15, 0.2) is 0 Å². The van der Waals surface area contributed by atoms with Gasteiger partial charge < -0.3 is 19.8 Å². The summed E-state index contributed by atoms with van der Waals surface area (Å²) in [6, 6.07) is 0. The summed E-state index contributed by atoms with van der Waals surface area (Å²) in [5.41, 5.74) is 0. The minimum atomic E-state index is -5.19. The normalized spacial score (nSPS) is 9.65. The second kappa shape index (κ2) is 11.7. The van der Waals surface area contributed by atoms with Gasteiger partial charge in [0.25, 0.3) is 0 Å². The third kappa shape index (κ3) is 21.1. The van der Waals surface area contributed by atoms with Crippen LogP contribution < -0.4 is 10.2 Å². The molecule has 0 aromatic rings. The average molecular weight is 301 g/mol. The summed E-state index contributed by atoms with van der Waals surface area (Å²) in [6.07, 6.45) is -0.902. The SMILES string of the molecule is CCCCCCC(=O)[O-].O=C([O-])C(F)(F)F.[Ni+2].